The number of thiophene rings is 1. The number of carbonyl (C=O) groups excluding carboxylic acids is 1. The minimum atomic E-state index is -0.750. The zero-order chi connectivity index (χ0) is 17.9. The van der Waals surface area contributed by atoms with Gasteiger partial charge in [0.05, 0.1) is 17.2 Å². The van der Waals surface area contributed by atoms with Gasteiger partial charge in [0, 0.05) is 17.1 Å². The number of nitrogens with zero attached hydrogens (tertiary/aromatic N) is 2. The van der Waals surface area contributed by atoms with E-state index in [1.807, 2.05) is 38.3 Å². The van der Waals surface area contributed by atoms with Crippen LogP contribution >= 0.6 is 11.3 Å². The van der Waals surface area contributed by atoms with Crippen molar-refractivity contribution in [1.29, 1.82) is 0 Å². The maximum atomic E-state index is 12.4. The number of hydrogen-bond donors (Lipinski definition) is 1. The van der Waals surface area contributed by atoms with Crippen LogP contribution in [0.15, 0.2) is 40.8 Å². The molecule has 0 saturated carbocycles. The largest absolute Gasteiger partial charge is 0.346 e. The first-order valence-electron chi connectivity index (χ1n) is 7.36. The minimum Gasteiger partial charge on any atom is -0.346 e. The SMILES string of the molecule is CC(C)(C)C(NC(=O)Cn1ccc(=O)c([N+](=O)[O-])c1)c1cccs1. The van der Waals surface area contributed by atoms with Crippen molar-refractivity contribution in [1.82, 2.24) is 9.88 Å². The molecule has 2 heterocycles. The first-order valence-corrected chi connectivity index (χ1v) is 8.23. The van der Waals surface area contributed by atoms with Gasteiger partial charge in [0.2, 0.25) is 5.91 Å². The van der Waals surface area contributed by atoms with E-state index in [1.165, 1.54) is 10.8 Å². The van der Waals surface area contributed by atoms with E-state index < -0.39 is 16.0 Å². The smallest absolute Gasteiger partial charge is 0.332 e. The van der Waals surface area contributed by atoms with Gasteiger partial charge < -0.3 is 9.88 Å². The number of hydrogen-bond acceptors (Lipinski definition) is 5. The van der Waals surface area contributed by atoms with Gasteiger partial charge in [-0.3, -0.25) is 19.7 Å². The van der Waals surface area contributed by atoms with E-state index in [0.717, 1.165) is 17.1 Å². The van der Waals surface area contributed by atoms with Gasteiger partial charge in [0.1, 0.15) is 6.54 Å². The van der Waals surface area contributed by atoms with Crippen molar-refractivity contribution in [3.63, 3.8) is 0 Å². The summed E-state index contributed by atoms with van der Waals surface area (Å²) in [7, 11) is 0. The van der Waals surface area contributed by atoms with Crippen molar-refractivity contribution in [2.75, 3.05) is 0 Å². The molecular formula is C16H19N3O4S. The third kappa shape index (κ3) is 4.29. The van der Waals surface area contributed by atoms with Gasteiger partial charge in [0.15, 0.2) is 0 Å². The van der Waals surface area contributed by atoms with Crippen molar-refractivity contribution in [3.05, 3.63) is 61.2 Å². The molecule has 2 aromatic rings. The van der Waals surface area contributed by atoms with Gasteiger partial charge in [-0.05, 0) is 16.9 Å². The van der Waals surface area contributed by atoms with E-state index in [1.54, 1.807) is 11.3 Å². The fourth-order valence-corrected chi connectivity index (χ4v) is 3.31. The molecule has 24 heavy (non-hydrogen) atoms. The summed E-state index contributed by atoms with van der Waals surface area (Å²) in [5, 5.41) is 15.7. The Morgan fingerprint density at radius 2 is 2.12 bits per heavy atom. The highest BCUT2D eigenvalue weighted by molar-refractivity contribution is 7.10. The van der Waals surface area contributed by atoms with Crippen molar-refractivity contribution < 1.29 is 9.72 Å². The van der Waals surface area contributed by atoms with Gasteiger partial charge in [-0.15, -0.1) is 11.3 Å². The molecule has 2 rings (SSSR count). The highest BCUT2D eigenvalue weighted by Gasteiger charge is 2.28. The first-order chi connectivity index (χ1) is 11.2. The van der Waals surface area contributed by atoms with Crippen molar-refractivity contribution >= 4 is 22.9 Å². The third-order valence-electron chi connectivity index (χ3n) is 3.48. The predicted octanol–water partition coefficient (Wildman–Crippen LogP) is 2.72. The number of aromatic nitrogens is 1. The average molecular weight is 349 g/mol. The molecule has 0 aliphatic heterocycles. The second-order valence-electron chi connectivity index (χ2n) is 6.51. The van der Waals surface area contributed by atoms with E-state index in [2.05, 4.69) is 5.32 Å². The summed E-state index contributed by atoms with van der Waals surface area (Å²) in [6, 6.07) is 4.81. The van der Waals surface area contributed by atoms with Gasteiger partial charge in [-0.2, -0.15) is 0 Å². The molecule has 7 nitrogen and oxygen atoms in total. The summed E-state index contributed by atoms with van der Waals surface area (Å²) in [6.45, 7) is 5.99. The fraction of sp³-hybridized carbons (Fsp3) is 0.375. The quantitative estimate of drug-likeness (QED) is 0.663. The number of amides is 1. The van der Waals surface area contributed by atoms with Crippen LogP contribution in [0.4, 0.5) is 5.69 Å². The Kier molecular flexibility index (Phi) is 5.18. The molecule has 2 aromatic heterocycles. The monoisotopic (exact) mass is 349 g/mol. The van der Waals surface area contributed by atoms with Crippen LogP contribution in [-0.4, -0.2) is 15.4 Å². The molecule has 0 spiro atoms. The number of pyridine rings is 1. The minimum absolute atomic E-state index is 0.0981. The third-order valence-corrected chi connectivity index (χ3v) is 4.42. The average Bonchev–Trinajstić information content (AvgIpc) is 2.99. The molecule has 0 aliphatic rings. The molecule has 0 radical (unpaired) electrons. The summed E-state index contributed by atoms with van der Waals surface area (Å²) >= 11 is 1.56. The molecular weight excluding hydrogens is 330 g/mol. The fourth-order valence-electron chi connectivity index (χ4n) is 2.29. The lowest BCUT2D eigenvalue weighted by Gasteiger charge is -2.31. The Morgan fingerprint density at radius 1 is 1.42 bits per heavy atom. The van der Waals surface area contributed by atoms with Crippen molar-refractivity contribution in [2.45, 2.75) is 33.4 Å². The molecule has 1 N–H and O–H groups in total. The Hall–Kier alpha value is -2.48. The highest BCUT2D eigenvalue weighted by Crippen LogP contribution is 2.35. The van der Waals surface area contributed by atoms with Crippen LogP contribution in [0.2, 0.25) is 0 Å². The van der Waals surface area contributed by atoms with E-state index in [-0.39, 0.29) is 23.9 Å². The lowest BCUT2D eigenvalue weighted by atomic mass is 9.85. The van der Waals surface area contributed by atoms with Crippen LogP contribution in [0.1, 0.15) is 31.7 Å². The molecule has 1 atom stereocenters. The Morgan fingerprint density at radius 3 is 2.67 bits per heavy atom. The van der Waals surface area contributed by atoms with Gasteiger partial charge in [-0.1, -0.05) is 26.8 Å². The summed E-state index contributed by atoms with van der Waals surface area (Å²) in [5.74, 6) is -0.277. The molecule has 128 valence electrons. The summed E-state index contributed by atoms with van der Waals surface area (Å²) in [4.78, 5) is 34.9. The number of nitro groups is 1. The standard InChI is InChI=1S/C16H19N3O4S/c1-16(2,3)15(13-5-4-8-24-13)17-14(21)10-18-7-6-12(20)11(9-18)19(22)23/h4-9,15H,10H2,1-3H3,(H,17,21). The maximum absolute atomic E-state index is 12.4. The van der Waals surface area contributed by atoms with E-state index in [0.29, 0.717) is 0 Å². The maximum Gasteiger partial charge on any atom is 0.332 e. The topological polar surface area (TPSA) is 94.2 Å². The zero-order valence-corrected chi connectivity index (χ0v) is 14.5. The van der Waals surface area contributed by atoms with Crippen LogP contribution in [-0.2, 0) is 11.3 Å². The van der Waals surface area contributed by atoms with Crippen LogP contribution < -0.4 is 10.7 Å². The Balaban J connectivity index is 2.16. The molecule has 0 saturated heterocycles. The normalized spacial score (nSPS) is 12.6. The Labute approximate surface area is 143 Å². The lowest BCUT2D eigenvalue weighted by molar-refractivity contribution is -0.386. The molecule has 0 aromatic carbocycles. The zero-order valence-electron chi connectivity index (χ0n) is 13.7. The second kappa shape index (κ2) is 6.96. The van der Waals surface area contributed by atoms with E-state index >= 15 is 0 Å². The molecule has 0 bridgehead atoms. The summed E-state index contributed by atoms with van der Waals surface area (Å²) in [5.41, 5.74) is -1.41. The highest BCUT2D eigenvalue weighted by atomic mass is 32.1. The summed E-state index contributed by atoms with van der Waals surface area (Å²) in [6.07, 6.45) is 2.45. The number of nitrogens with one attached hydrogen (secondary N) is 1. The predicted molar refractivity (Wildman–Crippen MR) is 92.0 cm³/mol. The van der Waals surface area contributed by atoms with Crippen LogP contribution in [0, 0.1) is 15.5 Å². The van der Waals surface area contributed by atoms with Gasteiger partial charge >= 0.3 is 5.69 Å². The second-order valence-corrected chi connectivity index (χ2v) is 7.49. The molecule has 1 amide bonds. The van der Waals surface area contributed by atoms with Crippen molar-refractivity contribution in [2.24, 2.45) is 5.41 Å². The Bertz CT molecular complexity index is 790. The van der Waals surface area contributed by atoms with E-state index in [9.17, 15) is 19.7 Å². The number of rotatable bonds is 5. The van der Waals surface area contributed by atoms with Crippen LogP contribution in [0.3, 0.4) is 0 Å². The lowest BCUT2D eigenvalue weighted by Crippen LogP contribution is -2.38. The molecule has 8 heteroatoms. The van der Waals surface area contributed by atoms with Crippen molar-refractivity contribution in [3.8, 4) is 0 Å². The van der Waals surface area contributed by atoms with Gasteiger partial charge in [0.25, 0.3) is 5.43 Å². The van der Waals surface area contributed by atoms with E-state index in [4.69, 9.17) is 0 Å². The number of carbonyl (C=O) groups is 1. The molecule has 0 fully saturated rings. The molecule has 1 unspecified atom stereocenters. The summed E-state index contributed by atoms with van der Waals surface area (Å²) < 4.78 is 1.34. The van der Waals surface area contributed by atoms with Crippen LogP contribution in [0.25, 0.3) is 0 Å². The van der Waals surface area contributed by atoms with Gasteiger partial charge in [-0.25, -0.2) is 0 Å². The first kappa shape index (κ1) is 17.9. The molecule has 0 aliphatic carbocycles. The van der Waals surface area contributed by atoms with Crippen LogP contribution in [0.5, 0.6) is 0 Å².